The van der Waals surface area contributed by atoms with E-state index in [4.69, 9.17) is 14.2 Å². The van der Waals surface area contributed by atoms with E-state index in [0.717, 1.165) is 18.8 Å². The van der Waals surface area contributed by atoms with Crippen LogP contribution in [-0.2, 0) is 23.8 Å². The minimum atomic E-state index is -1.34. The van der Waals surface area contributed by atoms with E-state index in [1.165, 1.54) is 72.3 Å². The van der Waals surface area contributed by atoms with Gasteiger partial charge >= 0.3 is 11.9 Å². The van der Waals surface area contributed by atoms with Gasteiger partial charge in [-0.2, -0.15) is 0 Å². The predicted molar refractivity (Wildman–Crippen MR) is 131 cm³/mol. The van der Waals surface area contributed by atoms with Gasteiger partial charge in [0.1, 0.15) is 0 Å². The summed E-state index contributed by atoms with van der Waals surface area (Å²) < 4.78 is 15.7. The first-order valence-electron chi connectivity index (χ1n) is 12.5. The molecule has 1 saturated carbocycles. The second-order valence-corrected chi connectivity index (χ2v) is 10.1. The van der Waals surface area contributed by atoms with Crippen LogP contribution in [0.15, 0.2) is 24.3 Å². The largest absolute Gasteiger partial charge is 0.462 e. The van der Waals surface area contributed by atoms with Gasteiger partial charge in [-0.25, -0.2) is 9.59 Å². The van der Waals surface area contributed by atoms with Gasteiger partial charge in [0.05, 0.1) is 36.6 Å². The third-order valence-corrected chi connectivity index (χ3v) is 6.66. The van der Waals surface area contributed by atoms with Crippen molar-refractivity contribution >= 4 is 11.9 Å². The molecule has 6 heteroatoms. The Morgan fingerprint density at radius 3 is 2.03 bits per heavy atom. The minimum absolute atomic E-state index is 0.00751. The van der Waals surface area contributed by atoms with Gasteiger partial charge in [-0.3, -0.25) is 0 Å². The summed E-state index contributed by atoms with van der Waals surface area (Å²) in [5.41, 5.74) is -1.08. The van der Waals surface area contributed by atoms with E-state index in [0.29, 0.717) is 5.92 Å². The maximum atomic E-state index is 12.3. The van der Waals surface area contributed by atoms with Crippen molar-refractivity contribution in [2.75, 3.05) is 26.9 Å². The van der Waals surface area contributed by atoms with Gasteiger partial charge < -0.3 is 19.3 Å². The Hall–Kier alpha value is -1.66. The molecule has 1 unspecified atom stereocenters. The normalized spacial score (nSPS) is 19.5. The summed E-state index contributed by atoms with van der Waals surface area (Å²) in [4.78, 5) is 24.4. The Morgan fingerprint density at radius 2 is 1.52 bits per heavy atom. The summed E-state index contributed by atoms with van der Waals surface area (Å²) >= 11 is 0. The highest BCUT2D eigenvalue weighted by Gasteiger charge is 2.27. The summed E-state index contributed by atoms with van der Waals surface area (Å²) in [7, 11) is 1.49. The van der Waals surface area contributed by atoms with Crippen LogP contribution in [0.25, 0.3) is 0 Å². The van der Waals surface area contributed by atoms with Crippen LogP contribution in [0.5, 0.6) is 0 Å². The lowest BCUT2D eigenvalue weighted by Gasteiger charge is -2.29. The molecule has 0 aromatic rings. The molecule has 1 aliphatic rings. The first-order chi connectivity index (χ1) is 15.6. The molecule has 0 aromatic carbocycles. The van der Waals surface area contributed by atoms with Crippen molar-refractivity contribution in [3.8, 4) is 0 Å². The van der Waals surface area contributed by atoms with Crippen molar-refractivity contribution in [3.63, 3.8) is 0 Å². The monoisotopic (exact) mass is 466 g/mol. The fourth-order valence-corrected chi connectivity index (χ4v) is 4.24. The molecule has 0 aliphatic heterocycles. The summed E-state index contributed by atoms with van der Waals surface area (Å²) in [6.07, 6.45) is 12.2. The Bertz CT molecular complexity index is 625. The summed E-state index contributed by atoms with van der Waals surface area (Å²) in [6, 6.07) is 0. The van der Waals surface area contributed by atoms with Gasteiger partial charge in [0.2, 0.25) is 0 Å². The lowest BCUT2D eigenvalue weighted by molar-refractivity contribution is -0.145. The van der Waals surface area contributed by atoms with E-state index >= 15 is 0 Å². The van der Waals surface area contributed by atoms with Gasteiger partial charge in [-0.1, -0.05) is 71.4 Å². The maximum Gasteiger partial charge on any atom is 0.336 e. The summed E-state index contributed by atoms with van der Waals surface area (Å²) in [5.74, 6) is 0.281. The van der Waals surface area contributed by atoms with Gasteiger partial charge in [-0.15, -0.1) is 0 Å². The van der Waals surface area contributed by atoms with Crippen LogP contribution in [0.1, 0.15) is 85.0 Å². The fraction of sp³-hybridized carbons (Fsp3) is 0.778. The van der Waals surface area contributed by atoms with Crippen molar-refractivity contribution in [2.24, 2.45) is 17.8 Å². The number of esters is 2. The molecule has 1 atom stereocenters. The molecule has 190 valence electrons. The van der Waals surface area contributed by atoms with Gasteiger partial charge in [-0.05, 0) is 38.5 Å². The standard InChI is InChI=1S/C27H46O6/c1-7-8-9-10-22-11-13-23(14-12-22)15-16-24(18-32-25(28)20(2)17-31-6)19-33-26(29)21(3)27(4,5)30/h22-24,30H,2-3,7-19H2,1,4-6H3. The molecule has 1 rings (SSSR count). The third kappa shape index (κ3) is 11.9. The summed E-state index contributed by atoms with van der Waals surface area (Å²) in [6.45, 7) is 12.9. The van der Waals surface area contributed by atoms with E-state index < -0.39 is 17.5 Å². The Kier molecular flexibility index (Phi) is 13.6. The molecule has 0 heterocycles. The van der Waals surface area contributed by atoms with Crippen LogP contribution in [0, 0.1) is 17.8 Å². The molecule has 0 amide bonds. The molecule has 0 aromatic heterocycles. The summed E-state index contributed by atoms with van der Waals surface area (Å²) in [5, 5.41) is 9.98. The molecule has 0 bridgehead atoms. The highest BCUT2D eigenvalue weighted by molar-refractivity contribution is 5.89. The number of hydrogen-bond donors (Lipinski definition) is 1. The molecular formula is C27H46O6. The second kappa shape index (κ2) is 15.3. The van der Waals surface area contributed by atoms with Gasteiger partial charge in [0, 0.05) is 13.0 Å². The zero-order valence-corrected chi connectivity index (χ0v) is 21.3. The number of methoxy groups -OCH3 is 1. The zero-order valence-electron chi connectivity index (χ0n) is 21.3. The second-order valence-electron chi connectivity index (χ2n) is 10.1. The smallest absolute Gasteiger partial charge is 0.336 e. The molecule has 0 saturated heterocycles. The van der Waals surface area contributed by atoms with E-state index in [2.05, 4.69) is 20.1 Å². The molecular weight excluding hydrogens is 420 g/mol. The van der Waals surface area contributed by atoms with Crippen molar-refractivity contribution < 1.29 is 28.9 Å². The van der Waals surface area contributed by atoms with Crippen molar-refractivity contribution in [3.05, 3.63) is 24.3 Å². The molecule has 1 N–H and O–H groups in total. The molecule has 6 nitrogen and oxygen atoms in total. The van der Waals surface area contributed by atoms with Crippen molar-refractivity contribution in [2.45, 2.75) is 90.6 Å². The number of carbonyl (C=O) groups excluding carboxylic acids is 2. The van der Waals surface area contributed by atoms with Crippen LogP contribution in [-0.4, -0.2) is 49.6 Å². The molecule has 1 fully saturated rings. The Morgan fingerprint density at radius 1 is 0.970 bits per heavy atom. The van der Waals surface area contributed by atoms with Crippen LogP contribution >= 0.6 is 0 Å². The molecule has 1 aliphatic carbocycles. The number of ether oxygens (including phenoxy) is 3. The number of carbonyl (C=O) groups is 2. The highest BCUT2D eigenvalue weighted by atomic mass is 16.5. The number of aliphatic hydroxyl groups is 1. The van der Waals surface area contributed by atoms with E-state index in [1.807, 2.05) is 0 Å². The highest BCUT2D eigenvalue weighted by Crippen LogP contribution is 2.35. The van der Waals surface area contributed by atoms with Crippen LogP contribution < -0.4 is 0 Å². The van der Waals surface area contributed by atoms with Gasteiger partial charge in [0.15, 0.2) is 0 Å². The minimum Gasteiger partial charge on any atom is -0.462 e. The number of rotatable bonds is 16. The molecule has 0 radical (unpaired) electrons. The Labute approximate surface area is 200 Å². The molecule has 33 heavy (non-hydrogen) atoms. The van der Waals surface area contributed by atoms with Crippen molar-refractivity contribution in [1.82, 2.24) is 0 Å². The average Bonchev–Trinajstić information content (AvgIpc) is 2.78. The first-order valence-corrected chi connectivity index (χ1v) is 12.5. The first kappa shape index (κ1) is 29.4. The average molecular weight is 467 g/mol. The lowest BCUT2D eigenvalue weighted by atomic mass is 9.77. The third-order valence-electron chi connectivity index (χ3n) is 6.66. The van der Waals surface area contributed by atoms with E-state index in [-0.39, 0.29) is 36.9 Å². The predicted octanol–water partition coefficient (Wildman–Crippen LogP) is 5.39. The fourth-order valence-electron chi connectivity index (χ4n) is 4.24. The van der Waals surface area contributed by atoms with Crippen LogP contribution in [0.4, 0.5) is 0 Å². The maximum absolute atomic E-state index is 12.3. The van der Waals surface area contributed by atoms with E-state index in [1.54, 1.807) is 0 Å². The topological polar surface area (TPSA) is 82.1 Å². The van der Waals surface area contributed by atoms with Gasteiger partial charge in [0.25, 0.3) is 0 Å². The number of hydrogen-bond acceptors (Lipinski definition) is 6. The quantitative estimate of drug-likeness (QED) is 0.187. The van der Waals surface area contributed by atoms with Crippen LogP contribution in [0.3, 0.4) is 0 Å². The molecule has 0 spiro atoms. The van der Waals surface area contributed by atoms with E-state index in [9.17, 15) is 14.7 Å². The van der Waals surface area contributed by atoms with Crippen LogP contribution in [0.2, 0.25) is 0 Å². The Balaban J connectivity index is 2.56. The SMILES string of the molecule is C=C(COC)C(=O)OCC(CCC1CCC(CCCCC)CC1)COC(=O)C(=C)C(C)(C)O. The lowest BCUT2D eigenvalue weighted by Crippen LogP contribution is -2.30. The zero-order chi connectivity index (χ0) is 24.9. The number of unbranched alkanes of at least 4 members (excludes halogenated alkanes) is 2. The van der Waals surface area contributed by atoms with Crippen molar-refractivity contribution in [1.29, 1.82) is 0 Å².